The van der Waals surface area contributed by atoms with E-state index in [1.54, 1.807) is 24.3 Å². The molecule has 230 valence electrons. The lowest BCUT2D eigenvalue weighted by Gasteiger charge is -2.27. The van der Waals surface area contributed by atoms with Gasteiger partial charge < -0.3 is 4.90 Å². The highest BCUT2D eigenvalue weighted by molar-refractivity contribution is 7.89. The van der Waals surface area contributed by atoms with E-state index in [9.17, 15) is 16.8 Å². The fraction of sp³-hybridized carbons (Fsp3) is 0.364. The van der Waals surface area contributed by atoms with Gasteiger partial charge in [-0.25, -0.2) is 16.8 Å². The molecule has 0 bridgehead atoms. The van der Waals surface area contributed by atoms with Crippen LogP contribution < -0.4 is 9.47 Å². The number of fused-ring (bicyclic) bond motifs is 2. The van der Waals surface area contributed by atoms with E-state index in [2.05, 4.69) is 23.3 Å². The number of nitrogens with zero attached hydrogens (tertiary/aromatic N) is 4. The molecule has 10 heteroatoms. The molecule has 0 radical (unpaired) electrons. The molecular formula is C33H43N4O4S2+. The molecule has 0 atom stereocenters. The SMILES string of the molecule is CCN1C=C/C(=C\C=C\c2cc[n+](CC)c3ccc(S(=O)(=O)N(CC)CC)cc23)c2cc(S(=O)(=O)N(CC)CC)ccc21. The number of allylic oxidation sites excluding steroid dienone is 4. The van der Waals surface area contributed by atoms with Crippen molar-refractivity contribution in [1.82, 2.24) is 8.61 Å². The van der Waals surface area contributed by atoms with Gasteiger partial charge in [-0.05, 0) is 61.4 Å². The lowest BCUT2D eigenvalue weighted by atomic mass is 9.99. The van der Waals surface area contributed by atoms with Crippen LogP contribution in [0.1, 0.15) is 52.7 Å². The van der Waals surface area contributed by atoms with E-state index in [1.165, 1.54) is 8.61 Å². The molecule has 0 N–H and O–H groups in total. The number of hydrogen-bond acceptors (Lipinski definition) is 5. The van der Waals surface area contributed by atoms with Crippen LogP contribution in [0.3, 0.4) is 0 Å². The predicted molar refractivity (Wildman–Crippen MR) is 176 cm³/mol. The van der Waals surface area contributed by atoms with Gasteiger partial charge in [-0.15, -0.1) is 0 Å². The number of rotatable bonds is 12. The third-order valence-corrected chi connectivity index (χ3v) is 12.1. The minimum Gasteiger partial charge on any atom is -0.348 e. The molecule has 2 aromatic carbocycles. The van der Waals surface area contributed by atoms with E-state index in [-0.39, 0.29) is 9.79 Å². The van der Waals surface area contributed by atoms with Gasteiger partial charge in [0.05, 0.1) is 15.2 Å². The van der Waals surface area contributed by atoms with Crippen molar-refractivity contribution in [3.8, 4) is 0 Å². The van der Waals surface area contributed by atoms with Gasteiger partial charge in [-0.2, -0.15) is 13.2 Å². The zero-order valence-electron chi connectivity index (χ0n) is 26.0. The van der Waals surface area contributed by atoms with Crippen LogP contribution in [-0.4, -0.2) is 58.2 Å². The Morgan fingerprint density at radius 1 is 0.791 bits per heavy atom. The quantitative estimate of drug-likeness (QED) is 0.243. The molecule has 0 spiro atoms. The molecule has 0 saturated carbocycles. The van der Waals surface area contributed by atoms with E-state index in [0.717, 1.165) is 46.4 Å². The summed E-state index contributed by atoms with van der Waals surface area (Å²) in [7, 11) is -7.23. The zero-order chi connectivity index (χ0) is 31.4. The molecule has 1 aliphatic heterocycles. The Morgan fingerprint density at radius 3 is 1.98 bits per heavy atom. The fourth-order valence-electron chi connectivity index (χ4n) is 5.52. The van der Waals surface area contributed by atoms with Gasteiger partial charge in [-0.1, -0.05) is 45.9 Å². The maximum atomic E-state index is 13.3. The Morgan fingerprint density at radius 2 is 1.40 bits per heavy atom. The monoisotopic (exact) mass is 623 g/mol. The smallest absolute Gasteiger partial charge is 0.243 e. The van der Waals surface area contributed by atoms with Crippen LogP contribution in [0.15, 0.2) is 82.9 Å². The number of aryl methyl sites for hydroxylation is 1. The number of hydrogen-bond donors (Lipinski definition) is 0. The van der Waals surface area contributed by atoms with Crippen LogP contribution in [0.2, 0.25) is 0 Å². The van der Waals surface area contributed by atoms with Crippen molar-refractivity contribution in [2.75, 3.05) is 37.6 Å². The average molecular weight is 624 g/mol. The molecule has 0 saturated heterocycles. The molecule has 1 aliphatic rings. The van der Waals surface area contributed by atoms with Gasteiger partial charge in [-0.3, -0.25) is 0 Å². The number of anilines is 1. The first kappa shape index (κ1) is 32.6. The standard InChI is InChI=1S/C33H43N4O4S2/c1-7-34-22-20-26(30-24-28(16-18-32(30)34)42(38,39)36(9-3)10-4)14-13-15-27-21-23-35(8-2)33-19-17-29(25-31(27)33)43(40,41)37(11-5)12-6/h13-25H,7-12H2,1-6H3/q+1. The highest BCUT2D eigenvalue weighted by Crippen LogP contribution is 2.35. The lowest BCUT2D eigenvalue weighted by molar-refractivity contribution is -0.667. The summed E-state index contributed by atoms with van der Waals surface area (Å²) in [6, 6.07) is 12.6. The van der Waals surface area contributed by atoms with E-state index < -0.39 is 20.0 Å². The zero-order valence-corrected chi connectivity index (χ0v) is 27.6. The number of aromatic nitrogens is 1. The minimum absolute atomic E-state index is 0.274. The fourth-order valence-corrected chi connectivity index (χ4v) is 8.49. The summed E-state index contributed by atoms with van der Waals surface area (Å²) in [6.45, 7) is 14.6. The van der Waals surface area contributed by atoms with Crippen molar-refractivity contribution >= 4 is 48.3 Å². The molecule has 0 amide bonds. The second-order valence-electron chi connectivity index (χ2n) is 10.2. The normalized spacial score (nSPS) is 15.0. The molecule has 2 heterocycles. The summed E-state index contributed by atoms with van der Waals surface area (Å²) in [5.74, 6) is 0. The van der Waals surface area contributed by atoms with Crippen LogP contribution in [0.25, 0.3) is 22.6 Å². The highest BCUT2D eigenvalue weighted by Gasteiger charge is 2.25. The lowest BCUT2D eigenvalue weighted by Crippen LogP contribution is -2.33. The maximum Gasteiger partial charge on any atom is 0.243 e. The molecule has 3 aromatic rings. The summed E-state index contributed by atoms with van der Waals surface area (Å²) in [5, 5.41) is 0.844. The van der Waals surface area contributed by atoms with Crippen LogP contribution in [-0.2, 0) is 26.6 Å². The van der Waals surface area contributed by atoms with Crippen molar-refractivity contribution in [3.05, 3.63) is 84.2 Å². The topological polar surface area (TPSA) is 81.9 Å². The Labute approximate surface area is 257 Å². The van der Waals surface area contributed by atoms with E-state index >= 15 is 0 Å². The van der Waals surface area contributed by atoms with Crippen LogP contribution in [0, 0.1) is 0 Å². The first-order valence-electron chi connectivity index (χ1n) is 15.0. The maximum absolute atomic E-state index is 13.3. The Bertz CT molecular complexity index is 1790. The summed E-state index contributed by atoms with van der Waals surface area (Å²) in [4.78, 5) is 2.64. The molecule has 43 heavy (non-hydrogen) atoms. The molecule has 4 rings (SSSR count). The van der Waals surface area contributed by atoms with Gasteiger partial charge in [0.2, 0.25) is 25.6 Å². The van der Waals surface area contributed by atoms with Gasteiger partial charge in [0, 0.05) is 62.3 Å². The Balaban J connectivity index is 1.80. The summed E-state index contributed by atoms with van der Waals surface area (Å²) in [5.41, 5.74) is 4.52. The summed E-state index contributed by atoms with van der Waals surface area (Å²) in [6.07, 6.45) is 11.9. The molecule has 0 unspecified atom stereocenters. The average Bonchev–Trinajstić information content (AvgIpc) is 3.01. The largest absolute Gasteiger partial charge is 0.348 e. The molecule has 0 aliphatic carbocycles. The molecule has 1 aromatic heterocycles. The first-order valence-corrected chi connectivity index (χ1v) is 17.9. The Kier molecular flexibility index (Phi) is 10.3. The second kappa shape index (κ2) is 13.5. The van der Waals surface area contributed by atoms with Gasteiger partial charge >= 0.3 is 0 Å². The highest BCUT2D eigenvalue weighted by atomic mass is 32.2. The van der Waals surface area contributed by atoms with E-state index in [1.807, 2.05) is 82.6 Å². The molecule has 8 nitrogen and oxygen atoms in total. The van der Waals surface area contributed by atoms with Crippen LogP contribution in [0.5, 0.6) is 0 Å². The summed E-state index contributed by atoms with van der Waals surface area (Å²) < 4.78 is 58.2. The first-order chi connectivity index (χ1) is 20.6. The predicted octanol–water partition coefficient (Wildman–Crippen LogP) is 5.66. The van der Waals surface area contributed by atoms with Crippen molar-refractivity contribution in [1.29, 1.82) is 0 Å². The van der Waals surface area contributed by atoms with Crippen molar-refractivity contribution in [3.63, 3.8) is 0 Å². The second-order valence-corrected chi connectivity index (χ2v) is 14.1. The number of pyridine rings is 1. The summed E-state index contributed by atoms with van der Waals surface area (Å²) >= 11 is 0. The van der Waals surface area contributed by atoms with Crippen LogP contribution in [0.4, 0.5) is 5.69 Å². The van der Waals surface area contributed by atoms with Gasteiger partial charge in [0.25, 0.3) is 0 Å². The third kappa shape index (κ3) is 6.33. The van der Waals surface area contributed by atoms with E-state index in [4.69, 9.17) is 0 Å². The number of sulfonamides is 2. The molecular weight excluding hydrogens is 581 g/mol. The Hall–Kier alpha value is -3.31. The minimum atomic E-state index is -3.61. The van der Waals surface area contributed by atoms with Crippen molar-refractivity contribution in [2.45, 2.75) is 57.9 Å². The van der Waals surface area contributed by atoms with Gasteiger partial charge in [0.1, 0.15) is 6.54 Å². The van der Waals surface area contributed by atoms with Crippen LogP contribution >= 0.6 is 0 Å². The van der Waals surface area contributed by atoms with Crippen molar-refractivity contribution < 1.29 is 21.4 Å². The van der Waals surface area contributed by atoms with Crippen molar-refractivity contribution in [2.24, 2.45) is 0 Å². The van der Waals surface area contributed by atoms with Gasteiger partial charge in [0.15, 0.2) is 6.20 Å². The van der Waals surface area contributed by atoms with E-state index in [0.29, 0.717) is 26.2 Å². The number of benzene rings is 2. The molecule has 0 fully saturated rings. The third-order valence-electron chi connectivity index (χ3n) is 7.96.